The zero-order chi connectivity index (χ0) is 21.2. The van der Waals surface area contributed by atoms with Crippen LogP contribution in [0.5, 0.6) is 0 Å². The van der Waals surface area contributed by atoms with Gasteiger partial charge in [-0.15, -0.1) is 0 Å². The number of anilines is 3. The first-order valence-corrected chi connectivity index (χ1v) is 9.69. The van der Waals surface area contributed by atoms with Crippen LogP contribution in [0.2, 0.25) is 0 Å². The number of nitrogens with one attached hydrogen (secondary N) is 2. The van der Waals surface area contributed by atoms with Crippen LogP contribution in [0.25, 0.3) is 0 Å². The number of nitrogens with zero attached hydrogens (tertiary/aromatic N) is 5. The van der Waals surface area contributed by atoms with Gasteiger partial charge in [0.1, 0.15) is 17.5 Å². The lowest BCUT2D eigenvalue weighted by Gasteiger charge is -2.53. The number of piperidine rings is 1. The van der Waals surface area contributed by atoms with E-state index in [1.165, 1.54) is 6.20 Å². The van der Waals surface area contributed by atoms with Gasteiger partial charge >= 0.3 is 0 Å². The van der Waals surface area contributed by atoms with E-state index in [4.69, 9.17) is 5.26 Å². The van der Waals surface area contributed by atoms with E-state index in [0.717, 1.165) is 18.5 Å². The molecule has 1 aliphatic rings. The van der Waals surface area contributed by atoms with Crippen molar-refractivity contribution in [2.24, 2.45) is 0 Å². The van der Waals surface area contributed by atoms with Gasteiger partial charge in [0.05, 0.1) is 17.8 Å². The second kappa shape index (κ2) is 7.69. The van der Waals surface area contributed by atoms with E-state index in [1.54, 1.807) is 18.2 Å². The Kier molecular flexibility index (Phi) is 5.46. The minimum absolute atomic E-state index is 0.0259. The summed E-state index contributed by atoms with van der Waals surface area (Å²) in [4.78, 5) is 11.2. The molecule has 1 aromatic carbocycles. The molecule has 150 valence electrons. The van der Waals surface area contributed by atoms with Gasteiger partial charge in [-0.05, 0) is 65.8 Å². The minimum Gasteiger partial charge on any atom is -0.366 e. The van der Waals surface area contributed by atoms with Crippen molar-refractivity contribution in [1.29, 1.82) is 10.5 Å². The normalized spacial score (nSPS) is 18.4. The summed E-state index contributed by atoms with van der Waals surface area (Å²) in [5.74, 6) is 0.913. The molecule has 0 aliphatic carbocycles. The Morgan fingerprint density at radius 3 is 2.41 bits per heavy atom. The number of benzene rings is 1. The zero-order valence-electron chi connectivity index (χ0n) is 17.6. The van der Waals surface area contributed by atoms with Crippen LogP contribution in [0.1, 0.15) is 51.7 Å². The topological polar surface area (TPSA) is 101 Å². The van der Waals surface area contributed by atoms with Gasteiger partial charge in [-0.25, -0.2) is 4.98 Å². The maximum absolute atomic E-state index is 9.51. The van der Waals surface area contributed by atoms with Crippen LogP contribution in [-0.4, -0.2) is 39.0 Å². The molecule has 0 unspecified atom stereocenters. The van der Waals surface area contributed by atoms with Gasteiger partial charge in [0, 0.05) is 22.8 Å². The fourth-order valence-electron chi connectivity index (χ4n) is 4.10. The van der Waals surface area contributed by atoms with Crippen molar-refractivity contribution in [3.63, 3.8) is 0 Å². The molecular weight excluding hydrogens is 362 g/mol. The van der Waals surface area contributed by atoms with E-state index >= 15 is 0 Å². The maximum atomic E-state index is 9.51. The molecule has 0 bridgehead atoms. The smallest absolute Gasteiger partial charge is 0.229 e. The summed E-state index contributed by atoms with van der Waals surface area (Å²) in [6.45, 7) is 8.96. The molecule has 0 atom stereocenters. The Balaban J connectivity index is 1.84. The van der Waals surface area contributed by atoms with Crippen LogP contribution in [-0.2, 0) is 0 Å². The molecule has 1 fully saturated rings. The molecule has 2 heterocycles. The van der Waals surface area contributed by atoms with Crippen LogP contribution in [0.15, 0.2) is 30.5 Å². The van der Waals surface area contributed by atoms with Crippen molar-refractivity contribution >= 4 is 17.5 Å². The molecule has 0 spiro atoms. The first-order chi connectivity index (χ1) is 13.6. The van der Waals surface area contributed by atoms with Crippen molar-refractivity contribution in [1.82, 2.24) is 14.9 Å². The Morgan fingerprint density at radius 1 is 1.10 bits per heavy atom. The summed E-state index contributed by atoms with van der Waals surface area (Å²) in [5.41, 5.74) is 1.74. The molecule has 7 heteroatoms. The lowest BCUT2D eigenvalue weighted by atomic mass is 9.77. The van der Waals surface area contributed by atoms with Gasteiger partial charge in [-0.1, -0.05) is 6.07 Å². The first-order valence-electron chi connectivity index (χ1n) is 9.69. The van der Waals surface area contributed by atoms with Crippen LogP contribution >= 0.6 is 0 Å². The fourth-order valence-corrected chi connectivity index (χ4v) is 4.10. The summed E-state index contributed by atoms with van der Waals surface area (Å²) in [6, 6.07) is 11.6. The highest BCUT2D eigenvalue weighted by Gasteiger charge is 2.43. The minimum atomic E-state index is 0.0259. The van der Waals surface area contributed by atoms with Gasteiger partial charge in [-0.3, -0.25) is 4.90 Å². The Hall–Kier alpha value is -3.16. The van der Waals surface area contributed by atoms with Crippen LogP contribution in [0.4, 0.5) is 17.5 Å². The molecule has 0 amide bonds. The summed E-state index contributed by atoms with van der Waals surface area (Å²) in [5, 5.41) is 25.2. The second-order valence-corrected chi connectivity index (χ2v) is 8.82. The average Bonchev–Trinajstić information content (AvgIpc) is 2.66. The van der Waals surface area contributed by atoms with Crippen molar-refractivity contribution in [2.45, 2.75) is 57.7 Å². The van der Waals surface area contributed by atoms with Gasteiger partial charge < -0.3 is 10.6 Å². The lowest BCUT2D eigenvalue weighted by Crippen LogP contribution is -2.61. The summed E-state index contributed by atoms with van der Waals surface area (Å²) in [6.07, 6.45) is 3.40. The molecule has 0 saturated carbocycles. The molecule has 1 saturated heterocycles. The SMILES string of the molecule is CN1C(C)(C)CC(Nc2nc(Nc3cccc(C#N)c3)ncc2C#N)CC1(C)C. The van der Waals surface area contributed by atoms with E-state index in [9.17, 15) is 5.26 Å². The number of rotatable bonds is 4. The maximum Gasteiger partial charge on any atom is 0.229 e. The van der Waals surface area contributed by atoms with Crippen LogP contribution < -0.4 is 10.6 Å². The molecule has 2 aromatic rings. The molecule has 0 radical (unpaired) electrons. The summed E-state index contributed by atoms with van der Waals surface area (Å²) in [7, 11) is 2.17. The monoisotopic (exact) mass is 389 g/mol. The quantitative estimate of drug-likeness (QED) is 0.814. The van der Waals surface area contributed by atoms with Gasteiger partial charge in [0.25, 0.3) is 0 Å². The van der Waals surface area contributed by atoms with Crippen LogP contribution in [0.3, 0.4) is 0 Å². The van der Waals surface area contributed by atoms with Crippen LogP contribution in [0, 0.1) is 22.7 Å². The molecule has 3 rings (SSSR count). The molecule has 7 nitrogen and oxygen atoms in total. The number of hydrogen-bond acceptors (Lipinski definition) is 7. The molecule has 29 heavy (non-hydrogen) atoms. The Bertz CT molecular complexity index is 963. The highest BCUT2D eigenvalue weighted by atomic mass is 15.3. The number of hydrogen-bond donors (Lipinski definition) is 2. The highest BCUT2D eigenvalue weighted by molar-refractivity contribution is 5.60. The van der Waals surface area contributed by atoms with E-state index < -0.39 is 0 Å². The number of aromatic nitrogens is 2. The van der Waals surface area contributed by atoms with Crippen molar-refractivity contribution in [3.05, 3.63) is 41.6 Å². The summed E-state index contributed by atoms with van der Waals surface area (Å²) >= 11 is 0. The average molecular weight is 390 g/mol. The predicted octanol–water partition coefficient (Wildman–Crippen LogP) is 4.03. The number of likely N-dealkylation sites (tertiary alicyclic amines) is 1. The van der Waals surface area contributed by atoms with Gasteiger partial charge in [0.2, 0.25) is 5.95 Å². The van der Waals surface area contributed by atoms with E-state index in [0.29, 0.717) is 22.9 Å². The molecule has 1 aromatic heterocycles. The third-order valence-corrected chi connectivity index (χ3v) is 5.81. The zero-order valence-corrected chi connectivity index (χ0v) is 17.6. The van der Waals surface area contributed by atoms with Crippen molar-refractivity contribution in [3.8, 4) is 12.1 Å². The lowest BCUT2D eigenvalue weighted by molar-refractivity contribution is -0.00772. The summed E-state index contributed by atoms with van der Waals surface area (Å²) < 4.78 is 0. The molecule has 1 aliphatic heterocycles. The third-order valence-electron chi connectivity index (χ3n) is 5.81. The first kappa shape index (κ1) is 20.6. The predicted molar refractivity (Wildman–Crippen MR) is 114 cm³/mol. The molecule has 2 N–H and O–H groups in total. The Labute approximate surface area is 172 Å². The fraction of sp³-hybridized carbons (Fsp3) is 0.455. The van der Waals surface area contributed by atoms with Crippen molar-refractivity contribution in [2.75, 3.05) is 17.7 Å². The van der Waals surface area contributed by atoms with Gasteiger partial charge in [0.15, 0.2) is 0 Å². The van der Waals surface area contributed by atoms with Crippen molar-refractivity contribution < 1.29 is 0 Å². The Morgan fingerprint density at radius 2 is 1.79 bits per heavy atom. The molecular formula is C22H27N7. The standard InChI is InChI=1S/C22H27N7/c1-21(2)10-18(11-22(3,4)29(21)5)26-19-16(13-24)14-25-20(28-19)27-17-8-6-7-15(9-17)12-23/h6-9,14,18H,10-11H2,1-5H3,(H2,25,26,27,28). The number of nitriles is 2. The third kappa shape index (κ3) is 4.47. The second-order valence-electron chi connectivity index (χ2n) is 8.82. The van der Waals surface area contributed by atoms with E-state index in [-0.39, 0.29) is 17.1 Å². The largest absolute Gasteiger partial charge is 0.366 e. The highest BCUT2D eigenvalue weighted by Crippen LogP contribution is 2.38. The van der Waals surface area contributed by atoms with Gasteiger partial charge in [-0.2, -0.15) is 15.5 Å². The van der Waals surface area contributed by atoms with E-state index in [1.807, 2.05) is 6.07 Å². The van der Waals surface area contributed by atoms with E-state index in [2.05, 4.69) is 72.4 Å².